The molecule has 5 heteroatoms. The number of carbonyl (C=O) groups is 1. The second kappa shape index (κ2) is 7.53. The van der Waals surface area contributed by atoms with E-state index < -0.39 is 5.97 Å². The number of carbonyl (C=O) groups excluding carboxylic acids is 1. The van der Waals surface area contributed by atoms with E-state index in [1.54, 1.807) is 13.2 Å². The van der Waals surface area contributed by atoms with Crippen LogP contribution in [0.15, 0.2) is 0 Å². The second-order valence-corrected chi connectivity index (χ2v) is 2.48. The number of hydrogen-bond acceptors (Lipinski definition) is 5. The highest BCUT2D eigenvalue weighted by Gasteiger charge is 2.17. The van der Waals surface area contributed by atoms with Gasteiger partial charge in [0, 0.05) is 20.3 Å². The van der Waals surface area contributed by atoms with Crippen molar-refractivity contribution in [3.8, 4) is 6.07 Å². The summed E-state index contributed by atoms with van der Waals surface area (Å²) in [5.74, 6) is -0.797. The Kier molecular flexibility index (Phi) is 6.88. The van der Waals surface area contributed by atoms with Crippen LogP contribution in [0.1, 0.15) is 6.42 Å². The van der Waals surface area contributed by atoms with Gasteiger partial charge in [0.1, 0.15) is 6.07 Å². The first kappa shape index (κ1) is 11.9. The standard InChI is InChI=1S/C8H14N2O3/c1-12-4-2-7(6-10)8(11)13-5-3-9/h7H,2,4-6,10H2,1H3. The molecule has 0 rings (SSSR count). The molecule has 0 saturated carbocycles. The largest absolute Gasteiger partial charge is 0.450 e. The molecule has 0 bridgehead atoms. The van der Waals surface area contributed by atoms with Crippen molar-refractivity contribution in [3.63, 3.8) is 0 Å². The zero-order chi connectivity index (χ0) is 10.1. The van der Waals surface area contributed by atoms with Crippen LogP contribution in [0.3, 0.4) is 0 Å². The van der Waals surface area contributed by atoms with Crippen molar-refractivity contribution in [3.05, 3.63) is 0 Å². The molecule has 74 valence electrons. The summed E-state index contributed by atoms with van der Waals surface area (Å²) < 4.78 is 9.41. The van der Waals surface area contributed by atoms with Crippen molar-refractivity contribution < 1.29 is 14.3 Å². The van der Waals surface area contributed by atoms with Crippen LogP contribution in [-0.2, 0) is 14.3 Å². The van der Waals surface area contributed by atoms with Gasteiger partial charge in [0.05, 0.1) is 5.92 Å². The summed E-state index contributed by atoms with van der Waals surface area (Å²) in [5, 5.41) is 8.16. The molecule has 0 amide bonds. The molecule has 1 unspecified atom stereocenters. The fourth-order valence-corrected chi connectivity index (χ4v) is 0.813. The molecule has 0 aromatic heterocycles. The van der Waals surface area contributed by atoms with E-state index in [1.165, 1.54) is 0 Å². The third kappa shape index (κ3) is 5.17. The zero-order valence-electron chi connectivity index (χ0n) is 7.66. The van der Waals surface area contributed by atoms with Crippen molar-refractivity contribution in [2.75, 3.05) is 26.9 Å². The molecule has 0 radical (unpaired) electrons. The lowest BCUT2D eigenvalue weighted by atomic mass is 10.1. The van der Waals surface area contributed by atoms with Crippen molar-refractivity contribution in [1.29, 1.82) is 5.26 Å². The van der Waals surface area contributed by atoms with E-state index in [1.807, 2.05) is 0 Å². The fourth-order valence-electron chi connectivity index (χ4n) is 0.813. The number of nitrogens with zero attached hydrogens (tertiary/aromatic N) is 1. The van der Waals surface area contributed by atoms with E-state index in [0.717, 1.165) is 0 Å². The maximum absolute atomic E-state index is 11.1. The number of methoxy groups -OCH3 is 1. The van der Waals surface area contributed by atoms with Crippen LogP contribution < -0.4 is 5.73 Å². The summed E-state index contributed by atoms with van der Waals surface area (Å²) in [4.78, 5) is 11.1. The first-order chi connectivity index (χ1) is 6.26. The minimum Gasteiger partial charge on any atom is -0.450 e. The number of rotatable bonds is 6. The Labute approximate surface area is 77.4 Å². The minimum absolute atomic E-state index is 0.216. The van der Waals surface area contributed by atoms with E-state index in [9.17, 15) is 4.79 Å². The van der Waals surface area contributed by atoms with Crippen molar-refractivity contribution >= 4 is 5.97 Å². The van der Waals surface area contributed by atoms with E-state index in [0.29, 0.717) is 13.0 Å². The first-order valence-corrected chi connectivity index (χ1v) is 3.98. The summed E-state index contributed by atoms with van der Waals surface area (Å²) in [5.41, 5.74) is 5.35. The Balaban J connectivity index is 3.79. The molecular weight excluding hydrogens is 172 g/mol. The molecule has 0 aliphatic rings. The van der Waals surface area contributed by atoms with Gasteiger partial charge in [-0.05, 0) is 6.42 Å². The average molecular weight is 186 g/mol. The molecule has 0 fully saturated rings. The molecule has 0 spiro atoms. The summed E-state index contributed by atoms with van der Waals surface area (Å²) in [6.45, 7) is 0.458. The Bertz CT molecular complexity index is 188. The molecule has 0 aliphatic carbocycles. The molecule has 0 aromatic rings. The normalized spacial score (nSPS) is 11.8. The van der Waals surface area contributed by atoms with E-state index in [4.69, 9.17) is 15.7 Å². The van der Waals surface area contributed by atoms with Gasteiger partial charge in [0.25, 0.3) is 0 Å². The number of nitriles is 1. The maximum atomic E-state index is 11.1. The lowest BCUT2D eigenvalue weighted by Gasteiger charge is -2.11. The number of hydrogen-bond donors (Lipinski definition) is 1. The van der Waals surface area contributed by atoms with E-state index in [-0.39, 0.29) is 19.1 Å². The van der Waals surface area contributed by atoms with E-state index in [2.05, 4.69) is 4.74 Å². The molecule has 0 heterocycles. The van der Waals surface area contributed by atoms with Crippen LogP contribution in [0, 0.1) is 17.2 Å². The van der Waals surface area contributed by atoms with Crippen molar-refractivity contribution in [2.45, 2.75) is 6.42 Å². The SMILES string of the molecule is COCCC(CN)C(=O)OCC#N. The van der Waals surface area contributed by atoms with Crippen LogP contribution >= 0.6 is 0 Å². The molecule has 5 nitrogen and oxygen atoms in total. The molecule has 1 atom stereocenters. The summed E-state index contributed by atoms with van der Waals surface area (Å²) in [6.07, 6.45) is 0.525. The third-order valence-electron chi connectivity index (χ3n) is 1.57. The number of nitrogens with two attached hydrogens (primary N) is 1. The first-order valence-electron chi connectivity index (χ1n) is 3.98. The summed E-state index contributed by atoms with van der Waals surface area (Å²) >= 11 is 0. The summed E-state index contributed by atoms with van der Waals surface area (Å²) in [6, 6.07) is 1.72. The second-order valence-electron chi connectivity index (χ2n) is 2.48. The molecule has 0 aromatic carbocycles. The highest BCUT2D eigenvalue weighted by atomic mass is 16.5. The van der Waals surface area contributed by atoms with E-state index >= 15 is 0 Å². The molecular formula is C8H14N2O3. The lowest BCUT2D eigenvalue weighted by molar-refractivity contribution is -0.147. The highest BCUT2D eigenvalue weighted by molar-refractivity contribution is 5.72. The zero-order valence-corrected chi connectivity index (χ0v) is 7.66. The van der Waals surface area contributed by atoms with Gasteiger partial charge in [-0.2, -0.15) is 5.26 Å². The predicted molar refractivity (Wildman–Crippen MR) is 45.6 cm³/mol. The summed E-state index contributed by atoms with van der Waals surface area (Å²) in [7, 11) is 1.55. The van der Waals surface area contributed by atoms with Gasteiger partial charge in [0.2, 0.25) is 0 Å². The van der Waals surface area contributed by atoms with Crippen LogP contribution in [0.5, 0.6) is 0 Å². The Hall–Kier alpha value is -1.12. The topological polar surface area (TPSA) is 85.3 Å². The Morgan fingerprint density at radius 3 is 2.85 bits per heavy atom. The van der Waals surface area contributed by atoms with Gasteiger partial charge in [-0.25, -0.2) is 0 Å². The van der Waals surface area contributed by atoms with Crippen LogP contribution in [0.2, 0.25) is 0 Å². The smallest absolute Gasteiger partial charge is 0.311 e. The van der Waals surface area contributed by atoms with Gasteiger partial charge < -0.3 is 15.2 Å². The van der Waals surface area contributed by atoms with Crippen LogP contribution in [0.4, 0.5) is 0 Å². The Morgan fingerprint density at radius 1 is 1.69 bits per heavy atom. The monoisotopic (exact) mass is 186 g/mol. The van der Waals surface area contributed by atoms with Crippen molar-refractivity contribution in [2.24, 2.45) is 11.7 Å². The number of esters is 1. The Morgan fingerprint density at radius 2 is 2.38 bits per heavy atom. The van der Waals surface area contributed by atoms with Crippen molar-refractivity contribution in [1.82, 2.24) is 0 Å². The fraction of sp³-hybridized carbons (Fsp3) is 0.750. The van der Waals surface area contributed by atoms with Crippen LogP contribution in [-0.4, -0.2) is 32.8 Å². The minimum atomic E-state index is -0.430. The van der Waals surface area contributed by atoms with Gasteiger partial charge >= 0.3 is 5.97 Å². The molecule has 2 N–H and O–H groups in total. The molecule has 0 aliphatic heterocycles. The van der Waals surface area contributed by atoms with Gasteiger partial charge in [-0.15, -0.1) is 0 Å². The molecule has 13 heavy (non-hydrogen) atoms. The molecule has 0 saturated heterocycles. The quantitative estimate of drug-likeness (QED) is 0.574. The van der Waals surface area contributed by atoms with Crippen LogP contribution in [0.25, 0.3) is 0 Å². The lowest BCUT2D eigenvalue weighted by Crippen LogP contribution is -2.27. The predicted octanol–water partition coefficient (Wildman–Crippen LogP) is -0.335. The van der Waals surface area contributed by atoms with Gasteiger partial charge in [-0.1, -0.05) is 0 Å². The van der Waals surface area contributed by atoms with Gasteiger partial charge in [-0.3, -0.25) is 4.79 Å². The van der Waals surface area contributed by atoms with Gasteiger partial charge in [0.15, 0.2) is 6.61 Å². The highest BCUT2D eigenvalue weighted by Crippen LogP contribution is 2.03. The maximum Gasteiger partial charge on any atom is 0.311 e. The average Bonchev–Trinajstić information content (AvgIpc) is 2.16. The third-order valence-corrected chi connectivity index (χ3v) is 1.57. The number of ether oxygens (including phenoxy) is 2.